The van der Waals surface area contributed by atoms with Crippen LogP contribution in [-0.4, -0.2) is 42.8 Å². The second-order valence-electron chi connectivity index (χ2n) is 10.6. The van der Waals surface area contributed by atoms with Gasteiger partial charge in [0.15, 0.2) is 5.78 Å². The van der Waals surface area contributed by atoms with Gasteiger partial charge in [0.05, 0.1) is 24.5 Å². The maximum Gasteiger partial charge on any atom is 0.319 e. The third kappa shape index (κ3) is 5.76. The SMILES string of the molecule is Cc1cccc(NC(=O)NC2CN(C(=O)C3CCCC3)c3ccccc3N(CC(=O)c3ccccc3C)C2=O)c1. The number of urea groups is 1. The van der Waals surface area contributed by atoms with Gasteiger partial charge in [0.25, 0.3) is 5.91 Å². The van der Waals surface area contributed by atoms with Crippen molar-refractivity contribution in [2.24, 2.45) is 5.92 Å². The van der Waals surface area contributed by atoms with Crippen LogP contribution in [0.15, 0.2) is 72.8 Å². The van der Waals surface area contributed by atoms with Crippen LogP contribution in [-0.2, 0) is 9.59 Å². The summed E-state index contributed by atoms with van der Waals surface area (Å²) in [6.07, 6.45) is 3.57. The molecule has 0 radical (unpaired) electrons. The third-order valence-corrected chi connectivity index (χ3v) is 7.69. The lowest BCUT2D eigenvalue weighted by Gasteiger charge is -2.27. The summed E-state index contributed by atoms with van der Waals surface area (Å²) >= 11 is 0. The zero-order valence-electron chi connectivity index (χ0n) is 22.9. The topological polar surface area (TPSA) is 98.8 Å². The first kappa shape index (κ1) is 27.1. The van der Waals surface area contributed by atoms with Gasteiger partial charge in [0.1, 0.15) is 6.04 Å². The number of hydrogen-bond acceptors (Lipinski definition) is 4. The number of carbonyl (C=O) groups is 4. The molecule has 4 amide bonds. The van der Waals surface area contributed by atoms with Crippen molar-refractivity contribution in [3.8, 4) is 0 Å². The number of nitrogens with zero attached hydrogens (tertiary/aromatic N) is 2. The number of carbonyl (C=O) groups excluding carboxylic acids is 4. The number of amides is 4. The van der Waals surface area contributed by atoms with E-state index in [-0.39, 0.29) is 30.7 Å². The van der Waals surface area contributed by atoms with Gasteiger partial charge in [0, 0.05) is 17.2 Å². The number of aryl methyl sites for hydroxylation is 2. The molecule has 2 aliphatic rings. The Morgan fingerprint density at radius 1 is 0.875 bits per heavy atom. The highest BCUT2D eigenvalue weighted by Crippen LogP contribution is 2.36. The van der Waals surface area contributed by atoms with Crippen molar-refractivity contribution in [1.82, 2.24) is 5.32 Å². The maximum atomic E-state index is 14.1. The minimum Gasteiger partial charge on any atom is -0.324 e. The zero-order valence-corrected chi connectivity index (χ0v) is 22.9. The van der Waals surface area contributed by atoms with Crippen LogP contribution in [0.4, 0.5) is 21.9 Å². The third-order valence-electron chi connectivity index (χ3n) is 7.69. The molecule has 0 aromatic heterocycles. The number of benzene rings is 3. The summed E-state index contributed by atoms with van der Waals surface area (Å²) in [5.74, 6) is -0.865. The molecule has 1 saturated carbocycles. The van der Waals surface area contributed by atoms with Crippen LogP contribution < -0.4 is 20.4 Å². The fraction of sp³-hybridized carbons (Fsp3) is 0.312. The molecule has 0 spiro atoms. The summed E-state index contributed by atoms with van der Waals surface area (Å²) in [5, 5.41) is 5.58. The van der Waals surface area contributed by atoms with E-state index in [0.29, 0.717) is 22.6 Å². The fourth-order valence-electron chi connectivity index (χ4n) is 5.62. The van der Waals surface area contributed by atoms with E-state index in [4.69, 9.17) is 0 Å². The number of rotatable bonds is 6. The standard InChI is InChI=1S/C32H34N4O4/c1-21-10-9-14-24(18-21)33-32(40)34-26-19-35(30(38)23-12-4-5-13-23)27-16-7-8-17-28(27)36(31(26)39)20-29(37)25-15-6-3-11-22(25)2/h3,6-11,14-18,23,26H,4-5,12-13,19-20H2,1-2H3,(H2,33,34,40). The number of nitrogens with one attached hydrogen (secondary N) is 2. The van der Waals surface area contributed by atoms with Crippen LogP contribution in [0, 0.1) is 19.8 Å². The Morgan fingerprint density at radius 3 is 2.30 bits per heavy atom. The molecule has 8 nitrogen and oxygen atoms in total. The Bertz CT molecular complexity index is 1450. The lowest BCUT2D eigenvalue weighted by Crippen LogP contribution is -2.54. The summed E-state index contributed by atoms with van der Waals surface area (Å²) in [4.78, 5) is 57.4. The highest BCUT2D eigenvalue weighted by molar-refractivity contribution is 6.13. The number of fused-ring (bicyclic) bond motifs is 1. The summed E-state index contributed by atoms with van der Waals surface area (Å²) in [5.41, 5.74) is 3.95. The van der Waals surface area contributed by atoms with Gasteiger partial charge in [-0.3, -0.25) is 14.4 Å². The average Bonchev–Trinajstić information content (AvgIpc) is 3.45. The average molecular weight is 539 g/mol. The van der Waals surface area contributed by atoms with Gasteiger partial charge in [-0.1, -0.05) is 61.4 Å². The zero-order chi connectivity index (χ0) is 28.2. The van der Waals surface area contributed by atoms with E-state index in [1.165, 1.54) is 4.90 Å². The molecule has 1 unspecified atom stereocenters. The monoisotopic (exact) mass is 538 g/mol. The minimum atomic E-state index is -1.06. The number of para-hydroxylation sites is 2. The lowest BCUT2D eigenvalue weighted by atomic mass is 10.0. The quantitative estimate of drug-likeness (QED) is 0.419. The van der Waals surface area contributed by atoms with Crippen molar-refractivity contribution in [3.63, 3.8) is 0 Å². The van der Waals surface area contributed by atoms with Gasteiger partial charge >= 0.3 is 6.03 Å². The van der Waals surface area contributed by atoms with Gasteiger partial charge < -0.3 is 20.4 Å². The van der Waals surface area contributed by atoms with Crippen LogP contribution in [0.2, 0.25) is 0 Å². The van der Waals surface area contributed by atoms with E-state index in [2.05, 4.69) is 10.6 Å². The Balaban J connectivity index is 1.49. The van der Waals surface area contributed by atoms with Crippen molar-refractivity contribution >= 4 is 40.7 Å². The summed E-state index contributed by atoms with van der Waals surface area (Å²) in [6.45, 7) is 3.53. The Morgan fingerprint density at radius 2 is 1.57 bits per heavy atom. The molecule has 0 bridgehead atoms. The van der Waals surface area contributed by atoms with Crippen molar-refractivity contribution in [3.05, 3.63) is 89.5 Å². The molecular weight excluding hydrogens is 504 g/mol. The molecule has 1 aliphatic heterocycles. The molecule has 40 heavy (non-hydrogen) atoms. The first-order valence-electron chi connectivity index (χ1n) is 13.8. The van der Waals surface area contributed by atoms with E-state index < -0.39 is 18.0 Å². The number of Topliss-reactive ketones (excluding diaryl/α,β-unsaturated/α-hetero) is 1. The molecule has 1 atom stereocenters. The van der Waals surface area contributed by atoms with Crippen molar-refractivity contribution in [1.29, 1.82) is 0 Å². The molecule has 2 N–H and O–H groups in total. The van der Waals surface area contributed by atoms with Crippen molar-refractivity contribution in [2.45, 2.75) is 45.6 Å². The highest BCUT2D eigenvalue weighted by Gasteiger charge is 2.39. The van der Waals surface area contributed by atoms with E-state index >= 15 is 0 Å². The minimum absolute atomic E-state index is 0.0263. The van der Waals surface area contributed by atoms with E-state index in [1.807, 2.05) is 50.2 Å². The van der Waals surface area contributed by atoms with Gasteiger partial charge in [-0.15, -0.1) is 0 Å². The van der Waals surface area contributed by atoms with Gasteiger partial charge in [-0.2, -0.15) is 0 Å². The molecule has 5 rings (SSSR count). The van der Waals surface area contributed by atoms with Crippen molar-refractivity contribution in [2.75, 3.05) is 28.2 Å². The second kappa shape index (κ2) is 11.7. The Labute approximate surface area is 234 Å². The van der Waals surface area contributed by atoms with Crippen molar-refractivity contribution < 1.29 is 19.2 Å². The molecule has 0 saturated heterocycles. The van der Waals surface area contributed by atoms with Crippen LogP contribution in [0.5, 0.6) is 0 Å². The molecule has 206 valence electrons. The fourth-order valence-corrected chi connectivity index (χ4v) is 5.62. The van der Waals surface area contributed by atoms with Crippen LogP contribution in [0.3, 0.4) is 0 Å². The van der Waals surface area contributed by atoms with Crippen LogP contribution in [0.25, 0.3) is 0 Å². The van der Waals surface area contributed by atoms with E-state index in [9.17, 15) is 19.2 Å². The molecule has 8 heteroatoms. The number of hydrogen-bond donors (Lipinski definition) is 2. The normalized spacial score (nSPS) is 17.2. The molecular formula is C32H34N4O4. The van der Waals surface area contributed by atoms with Crippen LogP contribution in [0.1, 0.15) is 47.2 Å². The smallest absolute Gasteiger partial charge is 0.319 e. The Hall–Kier alpha value is -4.46. The number of ketones is 1. The largest absolute Gasteiger partial charge is 0.324 e. The number of anilines is 3. The lowest BCUT2D eigenvalue weighted by molar-refractivity contribution is -0.122. The summed E-state index contributed by atoms with van der Waals surface area (Å²) in [6, 6.07) is 20.1. The molecule has 1 aliphatic carbocycles. The van der Waals surface area contributed by atoms with Gasteiger partial charge in [0.2, 0.25) is 5.91 Å². The summed E-state index contributed by atoms with van der Waals surface area (Å²) in [7, 11) is 0. The maximum absolute atomic E-state index is 14.1. The molecule has 3 aromatic rings. The van der Waals surface area contributed by atoms with Gasteiger partial charge in [-0.25, -0.2) is 4.79 Å². The van der Waals surface area contributed by atoms with E-state index in [1.54, 1.807) is 41.3 Å². The molecule has 3 aromatic carbocycles. The molecule has 1 heterocycles. The van der Waals surface area contributed by atoms with E-state index in [0.717, 1.165) is 36.8 Å². The second-order valence-corrected chi connectivity index (χ2v) is 10.6. The predicted octanol–water partition coefficient (Wildman–Crippen LogP) is 5.25. The van der Waals surface area contributed by atoms with Gasteiger partial charge in [-0.05, 0) is 62.1 Å². The molecule has 1 fully saturated rings. The first-order valence-corrected chi connectivity index (χ1v) is 13.8. The Kier molecular flexibility index (Phi) is 7.96. The van der Waals surface area contributed by atoms with Crippen LogP contribution >= 0.6 is 0 Å². The highest BCUT2D eigenvalue weighted by atomic mass is 16.2. The predicted molar refractivity (Wildman–Crippen MR) is 156 cm³/mol. The summed E-state index contributed by atoms with van der Waals surface area (Å²) < 4.78 is 0. The first-order chi connectivity index (χ1) is 19.3.